The zero-order valence-corrected chi connectivity index (χ0v) is 9.63. The summed E-state index contributed by atoms with van der Waals surface area (Å²) >= 11 is 5.52. The maximum Gasteiger partial charge on any atom is 0.220 e. The maximum absolute atomic E-state index is 11.4. The van der Waals surface area contributed by atoms with E-state index in [0.717, 1.165) is 12.0 Å². The van der Waals surface area contributed by atoms with Gasteiger partial charge in [-0.3, -0.25) is 4.79 Å². The molecule has 3 heteroatoms. The van der Waals surface area contributed by atoms with Gasteiger partial charge in [0.25, 0.3) is 0 Å². The van der Waals surface area contributed by atoms with Gasteiger partial charge in [0.1, 0.15) is 0 Å². The Hall–Kier alpha value is -1.02. The van der Waals surface area contributed by atoms with Crippen LogP contribution in [-0.4, -0.2) is 11.8 Å². The molecule has 2 nitrogen and oxygen atoms in total. The molecule has 1 aromatic rings. The number of hydrogen-bond acceptors (Lipinski definition) is 1. The van der Waals surface area contributed by atoms with Gasteiger partial charge < -0.3 is 5.32 Å². The summed E-state index contributed by atoms with van der Waals surface area (Å²) in [4.78, 5) is 11.4. The molecule has 0 bridgehead atoms. The molecule has 0 fully saturated rings. The molecule has 1 unspecified atom stereocenters. The number of alkyl halides is 1. The standard InChI is InChI=1S/C12H16ClNO/c1-10(11-6-3-2-4-7-11)14-12(15)8-5-9-13/h2-4,6-7,10H,5,8-9H2,1H3,(H,14,15). The Bertz CT molecular complexity index is 300. The normalized spacial score (nSPS) is 12.1. The highest BCUT2D eigenvalue weighted by Gasteiger charge is 2.07. The molecule has 0 aliphatic carbocycles. The van der Waals surface area contributed by atoms with Crippen LogP contribution < -0.4 is 5.32 Å². The maximum atomic E-state index is 11.4. The van der Waals surface area contributed by atoms with Crippen molar-refractivity contribution in [3.63, 3.8) is 0 Å². The van der Waals surface area contributed by atoms with Crippen LogP contribution in [0, 0.1) is 0 Å². The minimum Gasteiger partial charge on any atom is -0.350 e. The molecule has 0 saturated carbocycles. The Morgan fingerprint density at radius 3 is 2.67 bits per heavy atom. The van der Waals surface area contributed by atoms with Gasteiger partial charge in [0.2, 0.25) is 5.91 Å². The van der Waals surface area contributed by atoms with Crippen molar-refractivity contribution in [3.8, 4) is 0 Å². The molecule has 0 spiro atoms. The number of amides is 1. The lowest BCUT2D eigenvalue weighted by molar-refractivity contribution is -0.121. The fourth-order valence-corrected chi connectivity index (χ4v) is 1.50. The second kappa shape index (κ2) is 6.46. The molecule has 82 valence electrons. The van der Waals surface area contributed by atoms with Crippen LogP contribution >= 0.6 is 11.6 Å². The third kappa shape index (κ3) is 4.34. The predicted octanol–water partition coefficient (Wildman–Crippen LogP) is 2.88. The van der Waals surface area contributed by atoms with E-state index in [1.807, 2.05) is 37.3 Å². The summed E-state index contributed by atoms with van der Waals surface area (Å²) in [5.74, 6) is 0.597. The van der Waals surface area contributed by atoms with Crippen LogP contribution in [0.25, 0.3) is 0 Å². The Kier molecular flexibility index (Phi) is 5.19. The number of halogens is 1. The van der Waals surface area contributed by atoms with Crippen molar-refractivity contribution in [1.82, 2.24) is 5.32 Å². The zero-order valence-electron chi connectivity index (χ0n) is 8.87. The van der Waals surface area contributed by atoms with Crippen molar-refractivity contribution in [1.29, 1.82) is 0 Å². The largest absolute Gasteiger partial charge is 0.350 e. The summed E-state index contributed by atoms with van der Waals surface area (Å²) in [5, 5.41) is 2.93. The number of carbonyl (C=O) groups excluding carboxylic acids is 1. The first-order valence-corrected chi connectivity index (χ1v) is 5.67. The van der Waals surface area contributed by atoms with Gasteiger partial charge in [0.15, 0.2) is 0 Å². The van der Waals surface area contributed by atoms with Crippen LogP contribution in [0.5, 0.6) is 0 Å². The van der Waals surface area contributed by atoms with Crippen molar-refractivity contribution in [2.24, 2.45) is 0 Å². The molecular weight excluding hydrogens is 210 g/mol. The second-order valence-corrected chi connectivity index (χ2v) is 3.87. The van der Waals surface area contributed by atoms with E-state index in [2.05, 4.69) is 5.32 Å². The third-order valence-electron chi connectivity index (χ3n) is 2.21. The van der Waals surface area contributed by atoms with Crippen molar-refractivity contribution >= 4 is 17.5 Å². The smallest absolute Gasteiger partial charge is 0.220 e. The molecular formula is C12H16ClNO. The number of benzene rings is 1. The minimum atomic E-state index is 0.0620. The molecule has 0 saturated heterocycles. The fourth-order valence-electron chi connectivity index (χ4n) is 1.37. The lowest BCUT2D eigenvalue weighted by atomic mass is 10.1. The summed E-state index contributed by atoms with van der Waals surface area (Å²) in [7, 11) is 0. The summed E-state index contributed by atoms with van der Waals surface area (Å²) in [6.45, 7) is 1.98. The molecule has 1 N–H and O–H groups in total. The van der Waals surface area contributed by atoms with Gasteiger partial charge in [-0.2, -0.15) is 0 Å². The van der Waals surface area contributed by atoms with E-state index in [-0.39, 0.29) is 11.9 Å². The van der Waals surface area contributed by atoms with Crippen LogP contribution in [0.1, 0.15) is 31.4 Å². The fraction of sp³-hybridized carbons (Fsp3) is 0.417. The Morgan fingerprint density at radius 2 is 2.07 bits per heavy atom. The monoisotopic (exact) mass is 225 g/mol. The van der Waals surface area contributed by atoms with E-state index < -0.39 is 0 Å². The molecule has 0 aromatic heterocycles. The van der Waals surface area contributed by atoms with Crippen LogP contribution in [0.15, 0.2) is 30.3 Å². The minimum absolute atomic E-state index is 0.0620. The van der Waals surface area contributed by atoms with E-state index in [4.69, 9.17) is 11.6 Å². The quantitative estimate of drug-likeness (QED) is 0.768. The summed E-state index contributed by atoms with van der Waals surface area (Å²) in [6, 6.07) is 9.98. The molecule has 0 aliphatic rings. The highest BCUT2D eigenvalue weighted by atomic mass is 35.5. The first kappa shape index (κ1) is 12.1. The zero-order chi connectivity index (χ0) is 11.1. The van der Waals surface area contributed by atoms with E-state index in [1.54, 1.807) is 0 Å². The molecule has 1 aromatic carbocycles. The Balaban J connectivity index is 2.42. The van der Waals surface area contributed by atoms with Crippen molar-refractivity contribution in [2.75, 3.05) is 5.88 Å². The van der Waals surface area contributed by atoms with Crippen LogP contribution in [-0.2, 0) is 4.79 Å². The number of hydrogen-bond donors (Lipinski definition) is 1. The molecule has 0 aliphatic heterocycles. The van der Waals surface area contributed by atoms with Gasteiger partial charge in [0.05, 0.1) is 6.04 Å². The van der Waals surface area contributed by atoms with E-state index in [9.17, 15) is 4.79 Å². The number of carbonyl (C=O) groups is 1. The molecule has 1 rings (SSSR count). The lowest BCUT2D eigenvalue weighted by Gasteiger charge is -2.13. The molecule has 0 heterocycles. The number of rotatable bonds is 5. The topological polar surface area (TPSA) is 29.1 Å². The summed E-state index contributed by atoms with van der Waals surface area (Å²) < 4.78 is 0. The molecule has 1 amide bonds. The van der Waals surface area contributed by atoms with E-state index in [0.29, 0.717) is 12.3 Å². The van der Waals surface area contributed by atoms with Crippen LogP contribution in [0.2, 0.25) is 0 Å². The SMILES string of the molecule is CC(NC(=O)CCCCl)c1ccccc1. The van der Waals surface area contributed by atoms with Gasteiger partial charge in [-0.25, -0.2) is 0 Å². The van der Waals surface area contributed by atoms with E-state index in [1.165, 1.54) is 0 Å². The van der Waals surface area contributed by atoms with Crippen LogP contribution in [0.3, 0.4) is 0 Å². The van der Waals surface area contributed by atoms with Crippen molar-refractivity contribution in [3.05, 3.63) is 35.9 Å². The highest BCUT2D eigenvalue weighted by molar-refractivity contribution is 6.17. The average Bonchev–Trinajstić information content (AvgIpc) is 2.27. The first-order chi connectivity index (χ1) is 7.24. The molecule has 1 atom stereocenters. The van der Waals surface area contributed by atoms with Gasteiger partial charge in [0, 0.05) is 12.3 Å². The molecule has 15 heavy (non-hydrogen) atoms. The lowest BCUT2D eigenvalue weighted by Crippen LogP contribution is -2.26. The van der Waals surface area contributed by atoms with Crippen LogP contribution in [0.4, 0.5) is 0 Å². The second-order valence-electron chi connectivity index (χ2n) is 3.49. The van der Waals surface area contributed by atoms with Gasteiger partial charge >= 0.3 is 0 Å². The van der Waals surface area contributed by atoms with Crippen molar-refractivity contribution < 1.29 is 4.79 Å². The highest BCUT2D eigenvalue weighted by Crippen LogP contribution is 2.11. The molecule has 0 radical (unpaired) electrons. The van der Waals surface area contributed by atoms with Crippen molar-refractivity contribution in [2.45, 2.75) is 25.8 Å². The average molecular weight is 226 g/mol. The number of nitrogens with one attached hydrogen (secondary N) is 1. The van der Waals surface area contributed by atoms with E-state index >= 15 is 0 Å². The predicted molar refractivity (Wildman–Crippen MR) is 63.0 cm³/mol. The summed E-state index contributed by atoms with van der Waals surface area (Å²) in [5.41, 5.74) is 1.12. The third-order valence-corrected chi connectivity index (χ3v) is 2.48. The van der Waals surface area contributed by atoms with Gasteiger partial charge in [-0.05, 0) is 18.9 Å². The summed E-state index contributed by atoms with van der Waals surface area (Å²) in [6.07, 6.45) is 1.23. The van der Waals surface area contributed by atoms with Gasteiger partial charge in [-0.15, -0.1) is 11.6 Å². The van der Waals surface area contributed by atoms with Gasteiger partial charge in [-0.1, -0.05) is 30.3 Å². The Labute approximate surface area is 95.6 Å². The first-order valence-electron chi connectivity index (χ1n) is 5.14. The Morgan fingerprint density at radius 1 is 1.40 bits per heavy atom.